The summed E-state index contributed by atoms with van der Waals surface area (Å²) >= 11 is 0. The molecule has 1 fully saturated rings. The van der Waals surface area contributed by atoms with Crippen molar-refractivity contribution in [2.24, 2.45) is 17.2 Å². The van der Waals surface area contributed by atoms with Crippen LogP contribution in [0.25, 0.3) is 33.4 Å². The second-order valence-corrected chi connectivity index (χ2v) is 24.8. The fraction of sp³-hybridized carbons (Fsp3) is 0.360. The number of carbonyl (C=O) groups excluding carboxylic acids is 5. The van der Waals surface area contributed by atoms with E-state index in [0.717, 1.165) is 76.9 Å². The maximum absolute atomic E-state index is 13.3. The first-order valence-electron chi connectivity index (χ1n) is 31.5. The predicted molar refractivity (Wildman–Crippen MR) is 353 cm³/mol. The third kappa shape index (κ3) is 16.4. The molecule has 3 atom stereocenters. The van der Waals surface area contributed by atoms with E-state index >= 15 is 0 Å². The van der Waals surface area contributed by atoms with Crippen molar-refractivity contribution in [1.29, 1.82) is 5.26 Å². The first-order chi connectivity index (χ1) is 44.0. The lowest BCUT2D eigenvalue weighted by atomic mass is 9.83. The van der Waals surface area contributed by atoms with Crippen molar-refractivity contribution in [1.82, 2.24) is 4.90 Å². The van der Waals surface area contributed by atoms with Crippen LogP contribution in [0.5, 0.6) is 17.2 Å². The largest absolute Gasteiger partial charge is 0.466 e. The number of amides is 1. The van der Waals surface area contributed by atoms with Gasteiger partial charge >= 0.3 is 23.9 Å². The summed E-state index contributed by atoms with van der Waals surface area (Å²) in [5.41, 5.74) is 29.7. The van der Waals surface area contributed by atoms with E-state index in [0.29, 0.717) is 29.4 Å². The van der Waals surface area contributed by atoms with E-state index < -0.39 is 35.7 Å². The Labute approximate surface area is 540 Å². The lowest BCUT2D eigenvalue weighted by molar-refractivity contribution is -0.144. The maximum atomic E-state index is 13.3. The van der Waals surface area contributed by atoms with Crippen molar-refractivity contribution < 1.29 is 57.1 Å². The van der Waals surface area contributed by atoms with Gasteiger partial charge in [-0.15, -0.1) is 0 Å². The number of hydrogen-bond donors (Lipinski definition) is 3. The molecule has 0 saturated carbocycles. The molecule has 4 aliphatic heterocycles. The number of esters is 4. The first kappa shape index (κ1) is 68.1. The van der Waals surface area contributed by atoms with Crippen molar-refractivity contribution in [3.05, 3.63) is 196 Å². The molecule has 17 nitrogen and oxygen atoms in total. The fourth-order valence-corrected chi connectivity index (χ4v) is 11.6. The van der Waals surface area contributed by atoms with Gasteiger partial charge in [0.1, 0.15) is 34.5 Å². The van der Waals surface area contributed by atoms with Crippen LogP contribution >= 0.6 is 0 Å². The average Bonchev–Trinajstić information content (AvgIpc) is 0.798. The number of ether oxygens (including phenoxy) is 7. The molecule has 1 saturated heterocycles. The van der Waals surface area contributed by atoms with E-state index in [1.807, 2.05) is 89.8 Å². The Morgan fingerprint density at radius 1 is 0.467 bits per heavy atom. The second kappa shape index (κ2) is 30.3. The Morgan fingerprint density at radius 2 is 0.826 bits per heavy atom. The predicted octanol–water partition coefficient (Wildman–Crippen LogP) is 13.6. The molecule has 6 aromatic carbocycles. The zero-order valence-corrected chi connectivity index (χ0v) is 54.4. The molecule has 1 amide bonds. The SMILES string of the molecule is CCOC(=O)C1=C(N)Oc2ccc(-c3ccc(C(C)(C)C)cc3)cc2C1CC(=O)N1CCCCC1.CCOC(=O)CC1C(C#N)=C(N)Oc2ccc(-c3ccccc3)cc21.CCOC(=O)CC1C(C(=O)OCC)=C(N)Oc2ccc(-c3ccc(C(C)(C)C)cc3)cc21. The van der Waals surface area contributed by atoms with Gasteiger partial charge in [-0.05, 0) is 139 Å². The lowest BCUT2D eigenvalue weighted by Gasteiger charge is -2.32. The highest BCUT2D eigenvalue weighted by atomic mass is 16.5. The molecule has 4 heterocycles. The lowest BCUT2D eigenvalue weighted by Crippen LogP contribution is -2.37. The van der Waals surface area contributed by atoms with Crippen LogP contribution in [-0.4, -0.2) is 74.2 Å². The summed E-state index contributed by atoms with van der Waals surface area (Å²) in [4.78, 5) is 65.1. The Kier molecular flexibility index (Phi) is 22.4. The monoisotopic (exact) mass is 1250 g/mol. The summed E-state index contributed by atoms with van der Waals surface area (Å²) in [5.74, 6) is -1.87. The Morgan fingerprint density at radius 3 is 1.22 bits per heavy atom. The van der Waals surface area contributed by atoms with Gasteiger partial charge in [-0.2, -0.15) is 5.26 Å². The third-order valence-corrected chi connectivity index (χ3v) is 16.5. The Balaban J connectivity index is 0.000000180. The molecule has 0 aliphatic carbocycles. The zero-order valence-electron chi connectivity index (χ0n) is 54.4. The summed E-state index contributed by atoms with van der Waals surface area (Å²) in [6.07, 6.45) is 3.32. The van der Waals surface area contributed by atoms with Crippen LogP contribution in [0.1, 0.15) is 153 Å². The third-order valence-electron chi connectivity index (χ3n) is 16.5. The minimum atomic E-state index is -0.620. The highest BCUT2D eigenvalue weighted by Crippen LogP contribution is 2.46. The normalized spacial score (nSPS) is 16.6. The second-order valence-electron chi connectivity index (χ2n) is 24.8. The Bertz CT molecular complexity index is 3810. The molecule has 6 aromatic rings. The first-order valence-corrected chi connectivity index (χ1v) is 31.5. The fourth-order valence-electron chi connectivity index (χ4n) is 11.6. The van der Waals surface area contributed by atoms with Gasteiger partial charge in [0.05, 0.1) is 44.8 Å². The van der Waals surface area contributed by atoms with Crippen LogP contribution in [0, 0.1) is 11.3 Å². The summed E-state index contributed by atoms with van der Waals surface area (Å²) in [5, 5.41) is 9.47. The molecule has 0 spiro atoms. The maximum Gasteiger partial charge on any atom is 0.340 e. The number of nitrogens with two attached hydrogens (primary N) is 3. The summed E-state index contributed by atoms with van der Waals surface area (Å²) < 4.78 is 37.9. The summed E-state index contributed by atoms with van der Waals surface area (Å²) in [6, 6.07) is 46.1. The van der Waals surface area contributed by atoms with Gasteiger partial charge in [0.15, 0.2) is 0 Å². The molecule has 4 aliphatic rings. The number of hydrogen-bond acceptors (Lipinski definition) is 16. The average molecular weight is 1250 g/mol. The highest BCUT2D eigenvalue weighted by molar-refractivity contribution is 5.94. The van der Waals surface area contributed by atoms with E-state index in [1.54, 1.807) is 27.7 Å². The molecule has 0 bridgehead atoms. The van der Waals surface area contributed by atoms with Crippen LogP contribution in [0.3, 0.4) is 0 Å². The number of rotatable bonds is 15. The van der Waals surface area contributed by atoms with E-state index in [1.165, 1.54) is 11.1 Å². The van der Waals surface area contributed by atoms with Crippen molar-refractivity contribution >= 4 is 29.8 Å². The topological polar surface area (TPSA) is 255 Å². The van der Waals surface area contributed by atoms with Gasteiger partial charge in [-0.25, -0.2) is 9.59 Å². The van der Waals surface area contributed by atoms with Crippen LogP contribution in [-0.2, 0) is 53.8 Å². The molecular formula is C75H85N5O12. The van der Waals surface area contributed by atoms with E-state index in [9.17, 15) is 29.2 Å². The van der Waals surface area contributed by atoms with Gasteiger partial charge in [0.25, 0.3) is 0 Å². The molecular weight excluding hydrogens is 1160 g/mol. The number of fused-ring (bicyclic) bond motifs is 3. The van der Waals surface area contributed by atoms with Crippen molar-refractivity contribution in [3.8, 4) is 56.7 Å². The quantitative estimate of drug-likeness (QED) is 0.0638. The number of allylic oxidation sites excluding steroid dienone is 1. The number of piperidine rings is 1. The summed E-state index contributed by atoms with van der Waals surface area (Å²) in [7, 11) is 0. The van der Waals surface area contributed by atoms with E-state index in [2.05, 4.69) is 96.1 Å². The minimum absolute atomic E-state index is 0.00896. The molecule has 482 valence electrons. The van der Waals surface area contributed by atoms with Gasteiger partial charge in [0.2, 0.25) is 23.6 Å². The molecule has 0 aromatic heterocycles. The smallest absolute Gasteiger partial charge is 0.340 e. The van der Waals surface area contributed by atoms with Crippen LogP contribution in [0.15, 0.2) is 168 Å². The summed E-state index contributed by atoms with van der Waals surface area (Å²) in [6.45, 7) is 22.5. The molecule has 6 N–H and O–H groups in total. The van der Waals surface area contributed by atoms with Crippen LogP contribution in [0.2, 0.25) is 0 Å². The number of benzene rings is 6. The van der Waals surface area contributed by atoms with Gasteiger partial charge in [0, 0.05) is 54.0 Å². The number of carbonyl (C=O) groups is 5. The molecule has 17 heteroatoms. The Hall–Kier alpha value is -9.82. The molecule has 3 unspecified atom stereocenters. The standard InChI is InChI=1S/C29H36N2O4.C26H31NO5.C20H18N2O3/c1-5-34-28(33)26-23(18-25(32)31-15-7-6-8-16-31)22-17-20(11-14-24(22)35-27(26)30)19-9-12-21(13-10-19)29(2,3)4;1-6-30-22(28)15-20-19-14-17(16-8-11-18(12-9-16)26(3,4)5)10-13-21(19)32-24(27)23(20)25(29)31-7-2;1-2-24-19(23)11-15-16-10-14(13-6-4-3-5-7-13)8-9-18(16)25-20(22)17(15)12-21/h9-14,17,23H,5-8,15-16,18,30H2,1-4H3;8-14,20H,6-7,15,27H2,1-5H3;3-10,15H,2,11,22H2,1H3. The van der Waals surface area contributed by atoms with Crippen LogP contribution in [0.4, 0.5) is 0 Å². The number of likely N-dealkylation sites (tertiary alicyclic amines) is 1. The van der Waals surface area contributed by atoms with E-state index in [-0.39, 0.29) is 96.2 Å². The van der Waals surface area contributed by atoms with Gasteiger partial charge in [-0.3, -0.25) is 14.4 Å². The zero-order chi connectivity index (χ0) is 66.4. The molecule has 0 radical (unpaired) electrons. The van der Waals surface area contributed by atoms with Crippen molar-refractivity contribution in [2.45, 2.75) is 136 Å². The minimum Gasteiger partial charge on any atom is -0.466 e. The number of nitriles is 1. The molecule has 10 rings (SSSR count). The van der Waals surface area contributed by atoms with Gasteiger partial charge in [-0.1, -0.05) is 139 Å². The van der Waals surface area contributed by atoms with E-state index in [4.69, 9.17) is 50.4 Å². The van der Waals surface area contributed by atoms with Gasteiger partial charge < -0.3 is 55.3 Å². The number of nitrogens with zero attached hydrogens (tertiary/aromatic N) is 2. The van der Waals surface area contributed by atoms with Crippen molar-refractivity contribution in [2.75, 3.05) is 39.5 Å². The van der Waals surface area contributed by atoms with Crippen molar-refractivity contribution in [3.63, 3.8) is 0 Å². The van der Waals surface area contributed by atoms with Crippen LogP contribution < -0.4 is 31.4 Å². The highest BCUT2D eigenvalue weighted by Gasteiger charge is 2.39. The molecule has 92 heavy (non-hydrogen) atoms.